The minimum Gasteiger partial charge on any atom is -0.454 e. The van der Waals surface area contributed by atoms with Gasteiger partial charge in [0.15, 0.2) is 5.78 Å². The van der Waals surface area contributed by atoms with E-state index in [1.54, 1.807) is 13.0 Å². The highest BCUT2D eigenvalue weighted by Crippen LogP contribution is 2.11. The summed E-state index contributed by atoms with van der Waals surface area (Å²) in [6.45, 7) is 1.27. The molecule has 4 nitrogen and oxygen atoms in total. The molecular weight excluding hydrogens is 225 g/mol. The number of hydrogen-bond donors (Lipinski definition) is 0. The lowest BCUT2D eigenvalue weighted by Gasteiger charge is -2.04. The summed E-state index contributed by atoms with van der Waals surface area (Å²) in [5.41, 5.74) is -0.170. The van der Waals surface area contributed by atoms with Gasteiger partial charge in [0.25, 0.3) is 0 Å². The molecule has 0 saturated carbocycles. The van der Waals surface area contributed by atoms with Crippen molar-refractivity contribution >= 4 is 11.8 Å². The average Bonchev–Trinajstić information content (AvgIpc) is 2.35. The van der Waals surface area contributed by atoms with Gasteiger partial charge in [0.05, 0.1) is 17.2 Å². The van der Waals surface area contributed by atoms with Gasteiger partial charge in [0.1, 0.15) is 12.4 Å². The first-order valence-corrected chi connectivity index (χ1v) is 4.97. The molecule has 1 aromatic rings. The third-order valence-electron chi connectivity index (χ3n) is 2.08. The number of esters is 1. The minimum atomic E-state index is -0.909. The maximum absolute atomic E-state index is 13.4. The monoisotopic (exact) mass is 235 g/mol. The van der Waals surface area contributed by atoms with Gasteiger partial charge in [-0.3, -0.25) is 4.79 Å². The molecular formula is C12H10FNO3. The van der Waals surface area contributed by atoms with E-state index >= 15 is 0 Å². The van der Waals surface area contributed by atoms with Crippen molar-refractivity contribution in [2.24, 2.45) is 0 Å². The molecule has 0 aromatic heterocycles. The van der Waals surface area contributed by atoms with Crippen molar-refractivity contribution in [3.63, 3.8) is 0 Å². The van der Waals surface area contributed by atoms with Crippen LogP contribution in [-0.4, -0.2) is 18.4 Å². The minimum absolute atomic E-state index is 0.115. The SMILES string of the molecule is CCC(=O)COC(=O)c1ccc(C#N)cc1F. The molecule has 0 saturated heterocycles. The van der Waals surface area contributed by atoms with Gasteiger partial charge in [0, 0.05) is 6.42 Å². The van der Waals surface area contributed by atoms with Crippen LogP contribution >= 0.6 is 0 Å². The van der Waals surface area contributed by atoms with Crippen LogP contribution in [0.5, 0.6) is 0 Å². The molecule has 0 N–H and O–H groups in total. The van der Waals surface area contributed by atoms with Crippen molar-refractivity contribution in [1.82, 2.24) is 0 Å². The summed E-state index contributed by atoms with van der Waals surface area (Å²) in [4.78, 5) is 22.3. The lowest BCUT2D eigenvalue weighted by Crippen LogP contribution is -2.14. The van der Waals surface area contributed by atoms with E-state index in [-0.39, 0.29) is 29.9 Å². The van der Waals surface area contributed by atoms with Crippen molar-refractivity contribution in [2.75, 3.05) is 6.61 Å². The Hall–Kier alpha value is -2.22. The Balaban J connectivity index is 2.77. The lowest BCUT2D eigenvalue weighted by atomic mass is 10.1. The van der Waals surface area contributed by atoms with Gasteiger partial charge in [-0.05, 0) is 18.2 Å². The number of nitriles is 1. The Bertz CT molecular complexity index is 491. The quantitative estimate of drug-likeness (QED) is 0.746. The van der Waals surface area contributed by atoms with Crippen molar-refractivity contribution < 1.29 is 18.7 Å². The first-order chi connectivity index (χ1) is 8.08. The van der Waals surface area contributed by atoms with E-state index in [9.17, 15) is 14.0 Å². The number of hydrogen-bond acceptors (Lipinski definition) is 4. The fourth-order valence-electron chi connectivity index (χ4n) is 1.08. The number of ketones is 1. The summed E-state index contributed by atoms with van der Waals surface area (Å²) >= 11 is 0. The predicted octanol–water partition coefficient (Wildman–Crippen LogP) is 1.83. The first kappa shape index (κ1) is 12.8. The fourth-order valence-corrected chi connectivity index (χ4v) is 1.08. The molecule has 1 rings (SSSR count). The van der Waals surface area contributed by atoms with Crippen LogP contribution in [0.15, 0.2) is 18.2 Å². The number of ether oxygens (including phenoxy) is 1. The normalized spacial score (nSPS) is 9.47. The molecule has 0 radical (unpaired) electrons. The topological polar surface area (TPSA) is 67.2 Å². The molecule has 0 atom stereocenters. The highest BCUT2D eigenvalue weighted by Gasteiger charge is 2.14. The summed E-state index contributed by atoms with van der Waals surface area (Å²) in [7, 11) is 0. The maximum atomic E-state index is 13.4. The van der Waals surface area contributed by atoms with Crippen LogP contribution in [-0.2, 0) is 9.53 Å². The Morgan fingerprint density at radius 3 is 2.71 bits per heavy atom. The number of carbonyl (C=O) groups is 2. The largest absolute Gasteiger partial charge is 0.454 e. The molecule has 0 spiro atoms. The fraction of sp³-hybridized carbons (Fsp3) is 0.250. The Morgan fingerprint density at radius 1 is 1.47 bits per heavy atom. The third-order valence-corrected chi connectivity index (χ3v) is 2.08. The third kappa shape index (κ3) is 3.38. The Morgan fingerprint density at radius 2 is 2.18 bits per heavy atom. The lowest BCUT2D eigenvalue weighted by molar-refractivity contribution is -0.121. The van der Waals surface area contributed by atoms with E-state index in [0.29, 0.717) is 0 Å². The van der Waals surface area contributed by atoms with Crippen LogP contribution in [0.3, 0.4) is 0 Å². The highest BCUT2D eigenvalue weighted by molar-refractivity contribution is 5.91. The molecule has 88 valence electrons. The van der Waals surface area contributed by atoms with Gasteiger partial charge in [-0.15, -0.1) is 0 Å². The van der Waals surface area contributed by atoms with Gasteiger partial charge in [0.2, 0.25) is 0 Å². The number of halogens is 1. The summed E-state index contributed by atoms with van der Waals surface area (Å²) in [5.74, 6) is -1.99. The zero-order valence-electron chi connectivity index (χ0n) is 9.20. The van der Waals surface area contributed by atoms with Crippen molar-refractivity contribution in [2.45, 2.75) is 13.3 Å². The van der Waals surface area contributed by atoms with Crippen LogP contribution < -0.4 is 0 Å². The number of Topliss-reactive ketones (excluding diaryl/α,β-unsaturated/α-hetero) is 1. The zero-order chi connectivity index (χ0) is 12.8. The van der Waals surface area contributed by atoms with Gasteiger partial charge >= 0.3 is 5.97 Å². The molecule has 0 fully saturated rings. The number of benzene rings is 1. The van der Waals surface area contributed by atoms with Crippen molar-refractivity contribution in [1.29, 1.82) is 5.26 Å². The molecule has 17 heavy (non-hydrogen) atoms. The van der Waals surface area contributed by atoms with Gasteiger partial charge in [-0.2, -0.15) is 5.26 Å². The Kier molecular flexibility index (Phi) is 4.35. The van der Waals surface area contributed by atoms with E-state index in [4.69, 9.17) is 5.26 Å². The van der Waals surface area contributed by atoms with E-state index in [1.165, 1.54) is 6.07 Å². The van der Waals surface area contributed by atoms with E-state index in [2.05, 4.69) is 4.74 Å². The standard InChI is InChI=1S/C12H10FNO3/c1-2-9(15)7-17-12(16)10-4-3-8(6-14)5-11(10)13/h3-5H,2,7H2,1H3. The van der Waals surface area contributed by atoms with Gasteiger partial charge < -0.3 is 4.74 Å². The molecule has 1 aromatic carbocycles. The molecule has 0 aliphatic carbocycles. The summed E-state index contributed by atoms with van der Waals surface area (Å²) < 4.78 is 18.0. The van der Waals surface area contributed by atoms with E-state index in [1.807, 2.05) is 0 Å². The van der Waals surface area contributed by atoms with Gasteiger partial charge in [-0.1, -0.05) is 6.92 Å². The number of carbonyl (C=O) groups excluding carboxylic acids is 2. The van der Waals surface area contributed by atoms with E-state index in [0.717, 1.165) is 12.1 Å². The maximum Gasteiger partial charge on any atom is 0.341 e. The second-order valence-electron chi connectivity index (χ2n) is 3.27. The van der Waals surface area contributed by atoms with Crippen LogP contribution in [0, 0.1) is 17.1 Å². The van der Waals surface area contributed by atoms with Crippen LogP contribution in [0.1, 0.15) is 29.3 Å². The highest BCUT2D eigenvalue weighted by atomic mass is 19.1. The molecule has 0 bridgehead atoms. The van der Waals surface area contributed by atoms with Crippen molar-refractivity contribution in [3.05, 3.63) is 35.1 Å². The molecule has 0 aliphatic heterocycles. The molecule has 0 heterocycles. The summed E-state index contributed by atoms with van der Waals surface area (Å²) in [6.07, 6.45) is 0.253. The van der Waals surface area contributed by atoms with E-state index < -0.39 is 11.8 Å². The van der Waals surface area contributed by atoms with Crippen LogP contribution in [0.4, 0.5) is 4.39 Å². The zero-order valence-corrected chi connectivity index (χ0v) is 9.20. The smallest absolute Gasteiger partial charge is 0.341 e. The average molecular weight is 235 g/mol. The molecule has 0 amide bonds. The van der Waals surface area contributed by atoms with Crippen LogP contribution in [0.2, 0.25) is 0 Å². The summed E-state index contributed by atoms with van der Waals surface area (Å²) in [5, 5.41) is 8.52. The second-order valence-corrected chi connectivity index (χ2v) is 3.27. The molecule has 0 unspecified atom stereocenters. The second kappa shape index (κ2) is 5.75. The molecule has 5 heteroatoms. The van der Waals surface area contributed by atoms with Crippen LogP contribution in [0.25, 0.3) is 0 Å². The number of rotatable bonds is 4. The number of nitrogens with zero attached hydrogens (tertiary/aromatic N) is 1. The van der Waals surface area contributed by atoms with Crippen molar-refractivity contribution in [3.8, 4) is 6.07 Å². The predicted molar refractivity (Wildman–Crippen MR) is 56.7 cm³/mol. The Labute approximate surface area is 97.6 Å². The molecule has 0 aliphatic rings. The first-order valence-electron chi connectivity index (χ1n) is 4.97. The summed E-state index contributed by atoms with van der Waals surface area (Å²) in [6, 6.07) is 5.16. The van der Waals surface area contributed by atoms with Gasteiger partial charge in [-0.25, -0.2) is 9.18 Å².